The number of carboxylic acid groups (broad SMARTS) is 1. The zero-order valence-corrected chi connectivity index (χ0v) is 12.4. The van der Waals surface area contributed by atoms with E-state index in [9.17, 15) is 9.18 Å². The average molecular weight is 352 g/mol. The van der Waals surface area contributed by atoms with Gasteiger partial charge in [-0.15, -0.1) is 0 Å². The molecule has 1 heterocycles. The number of carbonyl (C=O) groups is 1. The molecule has 108 valence electrons. The first-order valence-electron chi connectivity index (χ1n) is 5.98. The molecule has 0 amide bonds. The van der Waals surface area contributed by atoms with Gasteiger partial charge in [-0.1, -0.05) is 22.0 Å². The number of hydrogen-bond donors (Lipinski definition) is 1. The Balaban J connectivity index is 1.99. The fraction of sp³-hybridized carbons (Fsp3) is 0.0667. The van der Waals surface area contributed by atoms with Crippen LogP contribution in [-0.2, 0) is 11.4 Å². The third-order valence-electron chi connectivity index (χ3n) is 2.57. The van der Waals surface area contributed by atoms with Crippen LogP contribution < -0.4 is 4.74 Å². The summed E-state index contributed by atoms with van der Waals surface area (Å²) in [6, 6.07) is 7.70. The molecular formula is C15H11BrFNO3. The number of hydrogen-bond acceptors (Lipinski definition) is 3. The van der Waals surface area contributed by atoms with E-state index >= 15 is 0 Å². The van der Waals surface area contributed by atoms with Crippen molar-refractivity contribution in [1.82, 2.24) is 4.98 Å². The number of pyridine rings is 1. The number of ether oxygens (including phenoxy) is 1. The Kier molecular flexibility index (Phi) is 5.05. The van der Waals surface area contributed by atoms with Crippen LogP contribution in [0, 0.1) is 5.82 Å². The molecule has 4 nitrogen and oxygen atoms in total. The summed E-state index contributed by atoms with van der Waals surface area (Å²) in [5.74, 6) is -0.807. The van der Waals surface area contributed by atoms with Crippen molar-refractivity contribution in [2.45, 2.75) is 6.61 Å². The molecule has 1 aromatic carbocycles. The number of aromatic nitrogens is 1. The zero-order valence-electron chi connectivity index (χ0n) is 10.8. The van der Waals surface area contributed by atoms with Crippen LogP contribution in [0.4, 0.5) is 4.39 Å². The Labute approximate surface area is 129 Å². The predicted molar refractivity (Wildman–Crippen MR) is 79.3 cm³/mol. The van der Waals surface area contributed by atoms with E-state index in [0.29, 0.717) is 15.9 Å². The maximum atomic E-state index is 13.0. The Morgan fingerprint density at radius 2 is 2.19 bits per heavy atom. The lowest BCUT2D eigenvalue weighted by Gasteiger charge is -2.07. The van der Waals surface area contributed by atoms with Gasteiger partial charge in [0.2, 0.25) is 0 Å². The molecule has 0 spiro atoms. The molecule has 0 aliphatic carbocycles. The summed E-state index contributed by atoms with van der Waals surface area (Å²) >= 11 is 3.27. The average Bonchev–Trinajstić information content (AvgIpc) is 2.45. The van der Waals surface area contributed by atoms with Crippen molar-refractivity contribution < 1.29 is 19.0 Å². The maximum Gasteiger partial charge on any atom is 0.328 e. The molecule has 0 radical (unpaired) electrons. The summed E-state index contributed by atoms with van der Waals surface area (Å²) in [6.45, 7) is 0.271. The van der Waals surface area contributed by atoms with E-state index < -0.39 is 5.97 Å². The van der Waals surface area contributed by atoms with Crippen LogP contribution >= 0.6 is 15.9 Å². The smallest absolute Gasteiger partial charge is 0.328 e. The molecule has 0 bridgehead atoms. The maximum absolute atomic E-state index is 13.0. The molecule has 0 saturated heterocycles. The van der Waals surface area contributed by atoms with E-state index in [0.717, 1.165) is 11.6 Å². The number of halogens is 2. The minimum Gasteiger partial charge on any atom is -0.487 e. The molecule has 2 rings (SSSR count). The lowest BCUT2D eigenvalue weighted by molar-refractivity contribution is -0.131. The molecule has 1 N–H and O–H groups in total. The second-order valence-electron chi connectivity index (χ2n) is 4.11. The predicted octanol–water partition coefficient (Wildman–Crippen LogP) is 3.66. The van der Waals surface area contributed by atoms with Gasteiger partial charge in [0.05, 0.1) is 11.9 Å². The second kappa shape index (κ2) is 6.99. The Morgan fingerprint density at radius 3 is 2.81 bits per heavy atom. The van der Waals surface area contributed by atoms with Gasteiger partial charge in [0, 0.05) is 16.1 Å². The van der Waals surface area contributed by atoms with E-state index in [1.165, 1.54) is 24.4 Å². The van der Waals surface area contributed by atoms with Crippen LogP contribution in [-0.4, -0.2) is 16.1 Å². The van der Waals surface area contributed by atoms with E-state index in [1.54, 1.807) is 18.2 Å². The summed E-state index contributed by atoms with van der Waals surface area (Å²) < 4.78 is 19.1. The highest BCUT2D eigenvalue weighted by molar-refractivity contribution is 9.10. The monoisotopic (exact) mass is 351 g/mol. The molecule has 1 aromatic heterocycles. The Morgan fingerprint density at radius 1 is 1.38 bits per heavy atom. The van der Waals surface area contributed by atoms with Gasteiger partial charge in [0.25, 0.3) is 0 Å². The molecule has 0 atom stereocenters. The lowest BCUT2D eigenvalue weighted by atomic mass is 10.2. The van der Waals surface area contributed by atoms with Crippen LogP contribution in [0.3, 0.4) is 0 Å². The first-order chi connectivity index (χ1) is 10.0. The zero-order chi connectivity index (χ0) is 15.2. The SMILES string of the molecule is O=C(O)C=Cc1ccc(OCc2ccc(F)cc2Br)cn1. The third-order valence-corrected chi connectivity index (χ3v) is 3.30. The highest BCUT2D eigenvalue weighted by Crippen LogP contribution is 2.20. The highest BCUT2D eigenvalue weighted by Gasteiger charge is 2.03. The van der Waals surface area contributed by atoms with Gasteiger partial charge < -0.3 is 9.84 Å². The van der Waals surface area contributed by atoms with Crippen molar-refractivity contribution in [3.05, 3.63) is 64.2 Å². The summed E-state index contributed by atoms with van der Waals surface area (Å²) in [5.41, 5.74) is 1.33. The number of carboxylic acids is 1. The van der Waals surface area contributed by atoms with E-state index in [2.05, 4.69) is 20.9 Å². The molecule has 0 aliphatic heterocycles. The molecule has 0 fully saturated rings. The van der Waals surface area contributed by atoms with Gasteiger partial charge in [-0.05, 0) is 30.3 Å². The van der Waals surface area contributed by atoms with E-state index in [-0.39, 0.29) is 12.4 Å². The molecule has 6 heteroatoms. The summed E-state index contributed by atoms with van der Waals surface area (Å²) in [7, 11) is 0. The standard InChI is InChI=1S/C15H11BrFNO3/c16-14-7-11(17)2-1-10(14)9-21-13-5-3-12(18-8-13)4-6-15(19)20/h1-8H,9H2,(H,19,20). The number of nitrogens with zero attached hydrogens (tertiary/aromatic N) is 1. The lowest BCUT2D eigenvalue weighted by Crippen LogP contribution is -1.97. The number of aliphatic carboxylic acids is 1. The van der Waals surface area contributed by atoms with Crippen molar-refractivity contribution in [1.29, 1.82) is 0 Å². The van der Waals surface area contributed by atoms with Crippen LogP contribution in [0.25, 0.3) is 6.08 Å². The quantitative estimate of drug-likeness (QED) is 0.835. The summed E-state index contributed by atoms with van der Waals surface area (Å²) in [5, 5.41) is 8.51. The first-order valence-corrected chi connectivity index (χ1v) is 6.77. The Bertz CT molecular complexity index is 671. The van der Waals surface area contributed by atoms with Crippen molar-refractivity contribution >= 4 is 28.0 Å². The van der Waals surface area contributed by atoms with Gasteiger partial charge in [0.1, 0.15) is 18.2 Å². The van der Waals surface area contributed by atoms with Gasteiger partial charge in [-0.25, -0.2) is 9.18 Å². The molecule has 0 unspecified atom stereocenters. The minimum atomic E-state index is -1.03. The fourth-order valence-corrected chi connectivity index (χ4v) is 2.00. The topological polar surface area (TPSA) is 59.4 Å². The molecule has 0 aliphatic rings. The highest BCUT2D eigenvalue weighted by atomic mass is 79.9. The van der Waals surface area contributed by atoms with Crippen LogP contribution in [0.5, 0.6) is 5.75 Å². The number of rotatable bonds is 5. The van der Waals surface area contributed by atoms with Gasteiger partial charge in [-0.2, -0.15) is 0 Å². The van der Waals surface area contributed by atoms with Crippen LogP contribution in [0.2, 0.25) is 0 Å². The molecule has 2 aromatic rings. The molecule has 0 saturated carbocycles. The van der Waals surface area contributed by atoms with Crippen molar-refractivity contribution in [2.24, 2.45) is 0 Å². The van der Waals surface area contributed by atoms with E-state index in [1.807, 2.05) is 0 Å². The van der Waals surface area contributed by atoms with Crippen molar-refractivity contribution in [3.63, 3.8) is 0 Å². The third kappa shape index (κ3) is 4.68. The summed E-state index contributed by atoms with van der Waals surface area (Å²) in [6.07, 6.45) is 3.90. The van der Waals surface area contributed by atoms with Crippen LogP contribution in [0.1, 0.15) is 11.3 Å². The minimum absolute atomic E-state index is 0.271. The Hall–Kier alpha value is -2.21. The normalized spacial score (nSPS) is 10.8. The number of benzene rings is 1. The molecular weight excluding hydrogens is 341 g/mol. The summed E-state index contributed by atoms with van der Waals surface area (Å²) in [4.78, 5) is 14.4. The van der Waals surface area contributed by atoms with E-state index in [4.69, 9.17) is 9.84 Å². The van der Waals surface area contributed by atoms with Crippen LogP contribution in [0.15, 0.2) is 47.1 Å². The second-order valence-corrected chi connectivity index (χ2v) is 4.97. The first kappa shape index (κ1) is 15.2. The van der Waals surface area contributed by atoms with Gasteiger partial charge in [-0.3, -0.25) is 4.98 Å². The molecule has 21 heavy (non-hydrogen) atoms. The van der Waals surface area contributed by atoms with Crippen molar-refractivity contribution in [2.75, 3.05) is 0 Å². The fourth-order valence-electron chi connectivity index (χ4n) is 1.53. The van der Waals surface area contributed by atoms with Crippen molar-refractivity contribution in [3.8, 4) is 5.75 Å². The van der Waals surface area contributed by atoms with Gasteiger partial charge in [0.15, 0.2) is 0 Å². The largest absolute Gasteiger partial charge is 0.487 e. The van der Waals surface area contributed by atoms with Gasteiger partial charge >= 0.3 is 5.97 Å².